The number of rotatable bonds is 6. The van der Waals surface area contributed by atoms with Gasteiger partial charge in [0.05, 0.1) is 4.92 Å². The molecule has 174 valence electrons. The Morgan fingerprint density at radius 2 is 1.61 bits per heavy atom. The molecule has 2 saturated heterocycles. The van der Waals surface area contributed by atoms with E-state index >= 15 is 0 Å². The average Bonchev–Trinajstić information content (AvgIpc) is 3.37. The van der Waals surface area contributed by atoms with E-state index in [0.717, 1.165) is 18.7 Å². The quantitative estimate of drug-likeness (QED) is 0.536. The van der Waals surface area contributed by atoms with Crippen molar-refractivity contribution in [1.82, 2.24) is 10.2 Å². The molecule has 2 aliphatic heterocycles. The standard InChI is InChI=1S/C24H29N5O4/c1-18(30)26-12-14-28(15-13-26)22-9-6-20(16-23(22)29(32)33)24(31)25-17-19-4-7-21(8-5-19)27-10-2-3-11-27/h4-9,16H,2-3,10-15,17H2,1H3,(H,25,31). The lowest BCUT2D eigenvalue weighted by atomic mass is 10.1. The largest absolute Gasteiger partial charge is 0.372 e. The fourth-order valence-electron chi connectivity index (χ4n) is 4.42. The minimum Gasteiger partial charge on any atom is -0.372 e. The topological polar surface area (TPSA) is 99.0 Å². The zero-order chi connectivity index (χ0) is 23.4. The first-order chi connectivity index (χ1) is 15.9. The Kier molecular flexibility index (Phi) is 6.76. The van der Waals surface area contributed by atoms with E-state index in [1.54, 1.807) is 17.0 Å². The molecule has 33 heavy (non-hydrogen) atoms. The summed E-state index contributed by atoms with van der Waals surface area (Å²) in [5.41, 5.74) is 2.78. The number of hydrogen-bond acceptors (Lipinski definition) is 6. The fraction of sp³-hybridized carbons (Fsp3) is 0.417. The number of piperazine rings is 1. The molecule has 2 amide bonds. The number of nitrogens with zero attached hydrogens (tertiary/aromatic N) is 4. The lowest BCUT2D eigenvalue weighted by Crippen LogP contribution is -2.48. The first-order valence-electron chi connectivity index (χ1n) is 11.3. The van der Waals surface area contributed by atoms with Gasteiger partial charge in [-0.25, -0.2) is 0 Å². The number of amides is 2. The van der Waals surface area contributed by atoms with E-state index in [4.69, 9.17) is 0 Å². The Hall–Kier alpha value is -3.62. The number of carbonyl (C=O) groups is 2. The average molecular weight is 452 g/mol. The number of nitro groups is 1. The molecule has 0 bridgehead atoms. The molecule has 0 saturated carbocycles. The van der Waals surface area contributed by atoms with Gasteiger partial charge in [-0.15, -0.1) is 0 Å². The Balaban J connectivity index is 1.40. The van der Waals surface area contributed by atoms with Crippen molar-refractivity contribution in [3.05, 3.63) is 63.7 Å². The maximum Gasteiger partial charge on any atom is 0.293 e. The Morgan fingerprint density at radius 3 is 2.21 bits per heavy atom. The lowest BCUT2D eigenvalue weighted by Gasteiger charge is -2.35. The molecule has 2 aliphatic rings. The van der Waals surface area contributed by atoms with Crippen LogP contribution in [0.4, 0.5) is 17.1 Å². The van der Waals surface area contributed by atoms with E-state index in [1.807, 2.05) is 17.0 Å². The fourth-order valence-corrected chi connectivity index (χ4v) is 4.42. The summed E-state index contributed by atoms with van der Waals surface area (Å²) in [6.07, 6.45) is 2.44. The van der Waals surface area contributed by atoms with Crippen molar-refractivity contribution >= 4 is 28.9 Å². The smallest absolute Gasteiger partial charge is 0.293 e. The van der Waals surface area contributed by atoms with Gasteiger partial charge in [0, 0.05) is 70.1 Å². The van der Waals surface area contributed by atoms with Gasteiger partial charge >= 0.3 is 0 Å². The highest BCUT2D eigenvalue weighted by atomic mass is 16.6. The highest BCUT2D eigenvalue weighted by Gasteiger charge is 2.26. The molecule has 0 atom stereocenters. The molecule has 4 rings (SSSR count). The van der Waals surface area contributed by atoms with Gasteiger partial charge in [-0.1, -0.05) is 12.1 Å². The summed E-state index contributed by atoms with van der Waals surface area (Å²) < 4.78 is 0. The molecule has 0 spiro atoms. The van der Waals surface area contributed by atoms with Crippen molar-refractivity contribution in [2.45, 2.75) is 26.3 Å². The summed E-state index contributed by atoms with van der Waals surface area (Å²) in [4.78, 5) is 41.4. The van der Waals surface area contributed by atoms with Crippen LogP contribution in [0.15, 0.2) is 42.5 Å². The van der Waals surface area contributed by atoms with Crippen LogP contribution in [0.25, 0.3) is 0 Å². The SMILES string of the molecule is CC(=O)N1CCN(c2ccc(C(=O)NCc3ccc(N4CCCC4)cc3)cc2[N+](=O)[O-])CC1. The van der Waals surface area contributed by atoms with Crippen molar-refractivity contribution in [1.29, 1.82) is 0 Å². The van der Waals surface area contributed by atoms with Crippen LogP contribution in [0, 0.1) is 10.1 Å². The van der Waals surface area contributed by atoms with E-state index in [1.165, 1.54) is 31.5 Å². The zero-order valence-electron chi connectivity index (χ0n) is 18.8. The number of carbonyl (C=O) groups excluding carboxylic acids is 2. The Morgan fingerprint density at radius 1 is 0.939 bits per heavy atom. The molecular formula is C24H29N5O4. The van der Waals surface area contributed by atoms with E-state index in [2.05, 4.69) is 22.3 Å². The van der Waals surface area contributed by atoms with Crippen molar-refractivity contribution in [2.75, 3.05) is 49.1 Å². The summed E-state index contributed by atoms with van der Waals surface area (Å²) in [5, 5.41) is 14.6. The summed E-state index contributed by atoms with van der Waals surface area (Å²) in [6.45, 7) is 6.10. The molecule has 9 heteroatoms. The van der Waals surface area contributed by atoms with Gasteiger partial charge < -0.3 is 20.0 Å². The summed E-state index contributed by atoms with van der Waals surface area (Å²) >= 11 is 0. The highest BCUT2D eigenvalue weighted by Crippen LogP contribution is 2.30. The second kappa shape index (κ2) is 9.89. The number of hydrogen-bond donors (Lipinski definition) is 1. The van der Waals surface area contributed by atoms with Crippen LogP contribution >= 0.6 is 0 Å². The molecule has 0 aliphatic carbocycles. The van der Waals surface area contributed by atoms with Crippen LogP contribution < -0.4 is 15.1 Å². The van der Waals surface area contributed by atoms with E-state index in [9.17, 15) is 19.7 Å². The maximum atomic E-state index is 12.7. The third-order valence-corrected chi connectivity index (χ3v) is 6.36. The van der Waals surface area contributed by atoms with Gasteiger partial charge in [-0.05, 0) is 42.7 Å². The van der Waals surface area contributed by atoms with Gasteiger partial charge in [0.25, 0.3) is 11.6 Å². The molecule has 1 N–H and O–H groups in total. The highest BCUT2D eigenvalue weighted by molar-refractivity contribution is 5.95. The summed E-state index contributed by atoms with van der Waals surface area (Å²) in [6, 6.07) is 12.7. The maximum absolute atomic E-state index is 12.7. The van der Waals surface area contributed by atoms with Crippen LogP contribution in [-0.2, 0) is 11.3 Å². The predicted molar refractivity (Wildman–Crippen MR) is 127 cm³/mol. The molecule has 2 heterocycles. The minimum atomic E-state index is -0.458. The van der Waals surface area contributed by atoms with Gasteiger partial charge in [-0.3, -0.25) is 19.7 Å². The molecule has 9 nitrogen and oxygen atoms in total. The van der Waals surface area contributed by atoms with Gasteiger partial charge in [-0.2, -0.15) is 0 Å². The van der Waals surface area contributed by atoms with Gasteiger partial charge in [0.15, 0.2) is 0 Å². The number of nitrogens with one attached hydrogen (secondary N) is 1. The monoisotopic (exact) mass is 451 g/mol. The summed E-state index contributed by atoms with van der Waals surface area (Å²) in [5.74, 6) is -0.350. The molecular weight excluding hydrogens is 422 g/mol. The van der Waals surface area contributed by atoms with Crippen molar-refractivity contribution < 1.29 is 14.5 Å². The third kappa shape index (κ3) is 5.24. The Bertz CT molecular complexity index is 1030. The van der Waals surface area contributed by atoms with E-state index in [0.29, 0.717) is 38.4 Å². The zero-order valence-corrected chi connectivity index (χ0v) is 18.8. The van der Waals surface area contributed by atoms with Crippen LogP contribution in [0.5, 0.6) is 0 Å². The second-order valence-electron chi connectivity index (χ2n) is 8.50. The lowest BCUT2D eigenvalue weighted by molar-refractivity contribution is -0.384. The van der Waals surface area contributed by atoms with Crippen LogP contribution in [0.3, 0.4) is 0 Å². The van der Waals surface area contributed by atoms with Crippen LogP contribution in [-0.4, -0.2) is 60.9 Å². The molecule has 0 radical (unpaired) electrons. The van der Waals surface area contributed by atoms with E-state index in [-0.39, 0.29) is 23.1 Å². The first kappa shape index (κ1) is 22.6. The number of benzene rings is 2. The second-order valence-corrected chi connectivity index (χ2v) is 8.50. The predicted octanol–water partition coefficient (Wildman–Crippen LogP) is 2.79. The Labute approximate surface area is 193 Å². The number of nitro benzene ring substituents is 1. The van der Waals surface area contributed by atoms with E-state index < -0.39 is 4.92 Å². The normalized spacial score (nSPS) is 16.1. The van der Waals surface area contributed by atoms with Crippen LogP contribution in [0.1, 0.15) is 35.7 Å². The summed E-state index contributed by atoms with van der Waals surface area (Å²) in [7, 11) is 0. The molecule has 0 aromatic heterocycles. The molecule has 2 fully saturated rings. The molecule has 2 aromatic rings. The molecule has 0 unspecified atom stereocenters. The number of anilines is 2. The van der Waals surface area contributed by atoms with Crippen molar-refractivity contribution in [3.8, 4) is 0 Å². The molecule has 2 aromatic carbocycles. The third-order valence-electron chi connectivity index (χ3n) is 6.36. The van der Waals surface area contributed by atoms with Gasteiger partial charge in [0.2, 0.25) is 5.91 Å². The minimum absolute atomic E-state index is 0.00172. The van der Waals surface area contributed by atoms with Crippen molar-refractivity contribution in [3.63, 3.8) is 0 Å². The van der Waals surface area contributed by atoms with Crippen LogP contribution in [0.2, 0.25) is 0 Å². The first-order valence-corrected chi connectivity index (χ1v) is 11.3. The van der Waals surface area contributed by atoms with Gasteiger partial charge in [0.1, 0.15) is 5.69 Å². The van der Waals surface area contributed by atoms with Crippen molar-refractivity contribution in [2.24, 2.45) is 0 Å².